The van der Waals surface area contributed by atoms with Gasteiger partial charge in [-0.1, -0.05) is 54.9 Å². The number of carbonyl (C=O) groups is 2. The van der Waals surface area contributed by atoms with Crippen LogP contribution in [0.15, 0.2) is 78.9 Å². The Morgan fingerprint density at radius 3 is 2.22 bits per heavy atom. The van der Waals surface area contributed by atoms with Gasteiger partial charge >= 0.3 is 11.9 Å². The van der Waals surface area contributed by atoms with Gasteiger partial charge in [0.15, 0.2) is 6.10 Å². The van der Waals surface area contributed by atoms with Gasteiger partial charge < -0.3 is 18.9 Å². The summed E-state index contributed by atoms with van der Waals surface area (Å²) in [5.74, 6) is -1.18. The molecule has 0 spiro atoms. The molecule has 0 aromatic heterocycles. The Morgan fingerprint density at radius 2 is 1.62 bits per heavy atom. The van der Waals surface area contributed by atoms with Gasteiger partial charge in [0.2, 0.25) is 6.29 Å². The Bertz CT molecular complexity index is 1250. The molecule has 0 N–H and O–H groups in total. The highest BCUT2D eigenvalue weighted by Gasteiger charge is 2.41. The van der Waals surface area contributed by atoms with Crippen molar-refractivity contribution in [1.29, 1.82) is 0 Å². The number of carbonyl (C=O) groups excluding carboxylic acids is 2. The number of esters is 2. The Balaban J connectivity index is 1.51. The van der Waals surface area contributed by atoms with Crippen molar-refractivity contribution in [3.05, 3.63) is 105 Å². The quantitative estimate of drug-likeness (QED) is 0.216. The standard InChI is InChI=1S/C27H24ClNO8/c1-17-14-21(16-34-25(30)18-8-4-2-5-9-18)35-27(24(17)37-26(31)19-10-6-3-7-11-19)36-23-13-12-20(29(32)33)15-22(23)28/h2-13,15,17,21,24,27H,14,16H2,1H3/t17-,21?,24?,27-/m0/s1. The summed E-state index contributed by atoms with van der Waals surface area (Å²) in [6, 6.07) is 20.8. The van der Waals surface area contributed by atoms with Crippen molar-refractivity contribution in [3.63, 3.8) is 0 Å². The number of hydrogen-bond acceptors (Lipinski definition) is 8. The molecule has 37 heavy (non-hydrogen) atoms. The smallest absolute Gasteiger partial charge is 0.338 e. The number of rotatable bonds is 8. The summed E-state index contributed by atoms with van der Waals surface area (Å²) >= 11 is 6.22. The lowest BCUT2D eigenvalue weighted by atomic mass is 9.93. The third kappa shape index (κ3) is 6.63. The zero-order chi connectivity index (χ0) is 26.4. The van der Waals surface area contributed by atoms with Crippen molar-refractivity contribution in [3.8, 4) is 5.75 Å². The van der Waals surface area contributed by atoms with Crippen molar-refractivity contribution in [1.82, 2.24) is 0 Å². The fraction of sp³-hybridized carbons (Fsp3) is 0.259. The molecule has 1 aliphatic heterocycles. The zero-order valence-corrected chi connectivity index (χ0v) is 20.6. The van der Waals surface area contributed by atoms with Crippen LogP contribution in [0.3, 0.4) is 0 Å². The second kappa shape index (κ2) is 11.9. The Labute approximate surface area is 218 Å². The summed E-state index contributed by atoms with van der Waals surface area (Å²) in [7, 11) is 0. The maximum Gasteiger partial charge on any atom is 0.338 e. The molecule has 1 heterocycles. The van der Waals surface area contributed by atoms with Gasteiger partial charge in [0.05, 0.1) is 27.2 Å². The van der Waals surface area contributed by atoms with E-state index in [1.54, 1.807) is 60.7 Å². The van der Waals surface area contributed by atoms with E-state index in [9.17, 15) is 19.7 Å². The van der Waals surface area contributed by atoms with Crippen LogP contribution in [0.4, 0.5) is 5.69 Å². The number of hydrogen-bond donors (Lipinski definition) is 0. The van der Waals surface area contributed by atoms with E-state index in [0.29, 0.717) is 17.5 Å². The van der Waals surface area contributed by atoms with Gasteiger partial charge in [0.25, 0.3) is 5.69 Å². The van der Waals surface area contributed by atoms with E-state index >= 15 is 0 Å². The first-order valence-electron chi connectivity index (χ1n) is 11.6. The first-order valence-corrected chi connectivity index (χ1v) is 11.9. The minimum Gasteiger partial charge on any atom is -0.459 e. The fourth-order valence-electron chi connectivity index (χ4n) is 3.93. The molecule has 3 aromatic carbocycles. The lowest BCUT2D eigenvalue weighted by Crippen LogP contribution is -2.50. The second-order valence-corrected chi connectivity index (χ2v) is 8.94. The minimum atomic E-state index is -1.12. The number of ether oxygens (including phenoxy) is 4. The Morgan fingerprint density at radius 1 is 1.00 bits per heavy atom. The van der Waals surface area contributed by atoms with Crippen LogP contribution in [-0.2, 0) is 14.2 Å². The maximum atomic E-state index is 12.8. The number of nitrogens with zero attached hydrogens (tertiary/aromatic N) is 1. The van der Waals surface area contributed by atoms with Crippen LogP contribution in [0.5, 0.6) is 5.75 Å². The van der Waals surface area contributed by atoms with E-state index in [4.69, 9.17) is 30.5 Å². The predicted octanol–water partition coefficient (Wildman–Crippen LogP) is 5.46. The highest BCUT2D eigenvalue weighted by Crippen LogP contribution is 2.34. The molecule has 4 rings (SSSR count). The van der Waals surface area contributed by atoms with Gasteiger partial charge in [-0.05, 0) is 36.8 Å². The monoisotopic (exact) mass is 525 g/mol. The Kier molecular flexibility index (Phi) is 8.37. The van der Waals surface area contributed by atoms with Gasteiger partial charge in [-0.2, -0.15) is 0 Å². The Hall–Kier alpha value is -3.95. The summed E-state index contributed by atoms with van der Waals surface area (Å²) in [6.45, 7) is 1.82. The third-order valence-electron chi connectivity index (χ3n) is 5.82. The van der Waals surface area contributed by atoms with Gasteiger partial charge in [0, 0.05) is 18.1 Å². The predicted molar refractivity (Wildman–Crippen MR) is 134 cm³/mol. The van der Waals surface area contributed by atoms with Crippen molar-refractivity contribution < 1.29 is 33.5 Å². The number of halogens is 1. The molecule has 9 nitrogen and oxygen atoms in total. The third-order valence-corrected chi connectivity index (χ3v) is 6.12. The molecule has 192 valence electrons. The van der Waals surface area contributed by atoms with E-state index in [0.717, 1.165) is 6.07 Å². The van der Waals surface area contributed by atoms with Crippen molar-refractivity contribution >= 4 is 29.2 Å². The van der Waals surface area contributed by atoms with Crippen molar-refractivity contribution in [2.75, 3.05) is 6.61 Å². The first-order chi connectivity index (χ1) is 17.8. The highest BCUT2D eigenvalue weighted by atomic mass is 35.5. The van der Waals surface area contributed by atoms with Crippen LogP contribution in [-0.4, -0.2) is 42.0 Å². The van der Waals surface area contributed by atoms with Gasteiger partial charge in [-0.25, -0.2) is 9.59 Å². The lowest BCUT2D eigenvalue weighted by molar-refractivity contribution is -0.384. The molecule has 10 heteroatoms. The molecular formula is C27H24ClNO8. The molecule has 2 unspecified atom stereocenters. The van der Waals surface area contributed by atoms with Crippen LogP contribution >= 0.6 is 11.6 Å². The van der Waals surface area contributed by atoms with E-state index in [-0.39, 0.29) is 29.0 Å². The molecule has 0 radical (unpaired) electrons. The highest BCUT2D eigenvalue weighted by molar-refractivity contribution is 6.32. The van der Waals surface area contributed by atoms with Gasteiger partial charge in [-0.3, -0.25) is 10.1 Å². The lowest BCUT2D eigenvalue weighted by Gasteiger charge is -2.39. The first kappa shape index (κ1) is 26.1. The SMILES string of the molecule is C[C@H]1CC(COC(=O)c2ccccc2)O[C@@H](Oc2ccc([N+](=O)[O-])cc2Cl)C1OC(=O)c1ccccc1. The van der Waals surface area contributed by atoms with E-state index in [1.165, 1.54) is 12.1 Å². The molecule has 0 aliphatic carbocycles. The maximum absolute atomic E-state index is 12.8. The van der Waals surface area contributed by atoms with Crippen LogP contribution in [0.25, 0.3) is 0 Å². The number of non-ortho nitro benzene ring substituents is 1. The average Bonchev–Trinajstić information content (AvgIpc) is 2.91. The molecule has 1 saturated heterocycles. The molecule has 0 saturated carbocycles. The minimum absolute atomic E-state index is 0.00350. The van der Waals surface area contributed by atoms with Crippen molar-refractivity contribution in [2.45, 2.75) is 31.8 Å². The molecule has 3 aromatic rings. The normalized spacial score (nSPS) is 21.0. The second-order valence-electron chi connectivity index (χ2n) is 8.53. The van der Waals surface area contributed by atoms with E-state index in [2.05, 4.69) is 0 Å². The average molecular weight is 526 g/mol. The zero-order valence-electron chi connectivity index (χ0n) is 19.8. The van der Waals surface area contributed by atoms with Gasteiger partial charge in [0.1, 0.15) is 12.4 Å². The largest absolute Gasteiger partial charge is 0.459 e. The molecule has 0 bridgehead atoms. The summed E-state index contributed by atoms with van der Waals surface area (Å²) in [5, 5.41) is 11.1. The van der Waals surface area contributed by atoms with Crippen LogP contribution in [0.1, 0.15) is 34.1 Å². The van der Waals surface area contributed by atoms with Crippen LogP contribution in [0, 0.1) is 16.0 Å². The number of nitro benzene ring substituents is 1. The van der Waals surface area contributed by atoms with E-state index in [1.807, 2.05) is 6.92 Å². The molecule has 4 atom stereocenters. The van der Waals surface area contributed by atoms with Crippen LogP contribution < -0.4 is 4.74 Å². The fourth-order valence-corrected chi connectivity index (χ4v) is 4.15. The summed E-state index contributed by atoms with van der Waals surface area (Å²) in [6.07, 6.45) is -2.09. The molecule has 1 fully saturated rings. The summed E-state index contributed by atoms with van der Waals surface area (Å²) in [5.41, 5.74) is 0.570. The van der Waals surface area contributed by atoms with Gasteiger partial charge in [-0.15, -0.1) is 0 Å². The van der Waals surface area contributed by atoms with Crippen molar-refractivity contribution in [2.24, 2.45) is 5.92 Å². The summed E-state index contributed by atoms with van der Waals surface area (Å²) < 4.78 is 23.2. The molecular weight excluding hydrogens is 502 g/mol. The van der Waals surface area contributed by atoms with Crippen LogP contribution in [0.2, 0.25) is 5.02 Å². The molecule has 1 aliphatic rings. The molecule has 0 amide bonds. The topological polar surface area (TPSA) is 114 Å². The summed E-state index contributed by atoms with van der Waals surface area (Å²) in [4.78, 5) is 35.7. The number of benzene rings is 3. The van der Waals surface area contributed by atoms with E-state index < -0.39 is 35.4 Å². The number of nitro groups is 1.